The summed E-state index contributed by atoms with van der Waals surface area (Å²) in [6, 6.07) is 6.31. The van der Waals surface area contributed by atoms with Gasteiger partial charge in [-0.15, -0.1) is 0 Å². The van der Waals surface area contributed by atoms with Crippen molar-refractivity contribution < 1.29 is 19.8 Å². The van der Waals surface area contributed by atoms with Crippen LogP contribution in [0.25, 0.3) is 0 Å². The number of rotatable bonds is 5. The molecular formula is C13H18N2O4. The maximum Gasteiger partial charge on any atom is 0.251 e. The van der Waals surface area contributed by atoms with Gasteiger partial charge in [0, 0.05) is 18.2 Å². The molecule has 1 aromatic carbocycles. The molecule has 0 saturated carbocycles. The van der Waals surface area contributed by atoms with E-state index in [1.165, 1.54) is 13.8 Å². The van der Waals surface area contributed by atoms with Gasteiger partial charge in [0.05, 0.1) is 18.8 Å². The molecule has 19 heavy (non-hydrogen) atoms. The average Bonchev–Trinajstić information content (AvgIpc) is 2.38. The van der Waals surface area contributed by atoms with Gasteiger partial charge in [0.2, 0.25) is 5.91 Å². The van der Waals surface area contributed by atoms with E-state index in [-0.39, 0.29) is 19.1 Å². The average molecular weight is 266 g/mol. The van der Waals surface area contributed by atoms with Gasteiger partial charge >= 0.3 is 0 Å². The fourth-order valence-electron chi connectivity index (χ4n) is 1.38. The molecule has 1 rings (SSSR count). The number of benzene rings is 1. The van der Waals surface area contributed by atoms with Gasteiger partial charge < -0.3 is 20.8 Å². The lowest BCUT2D eigenvalue weighted by Gasteiger charge is -2.26. The number of hydrogen-bond donors (Lipinski definition) is 4. The Labute approximate surface area is 111 Å². The lowest BCUT2D eigenvalue weighted by molar-refractivity contribution is -0.114. The van der Waals surface area contributed by atoms with Gasteiger partial charge in [-0.05, 0) is 31.2 Å². The SMILES string of the molecule is CC(=O)Nc1ccc(C(=O)NC(C)(CO)CO)cc1. The monoisotopic (exact) mass is 266 g/mol. The standard InChI is InChI=1S/C13H18N2O4/c1-9(18)14-11-5-3-10(4-6-11)12(19)15-13(2,7-16)8-17/h3-6,16-17H,7-8H2,1-2H3,(H,14,18)(H,15,19). The molecule has 0 unspecified atom stereocenters. The highest BCUT2D eigenvalue weighted by Gasteiger charge is 2.24. The maximum atomic E-state index is 11.9. The predicted molar refractivity (Wildman–Crippen MR) is 70.8 cm³/mol. The quantitative estimate of drug-likeness (QED) is 0.608. The number of aliphatic hydroxyl groups is 2. The Hall–Kier alpha value is -1.92. The summed E-state index contributed by atoms with van der Waals surface area (Å²) in [5.74, 6) is -0.592. The highest BCUT2D eigenvalue weighted by molar-refractivity contribution is 5.95. The number of amides is 2. The first-order valence-electron chi connectivity index (χ1n) is 5.82. The van der Waals surface area contributed by atoms with Crippen molar-refractivity contribution in [2.45, 2.75) is 19.4 Å². The van der Waals surface area contributed by atoms with Crippen LogP contribution in [0.3, 0.4) is 0 Å². The van der Waals surface area contributed by atoms with Crippen molar-refractivity contribution in [3.05, 3.63) is 29.8 Å². The minimum Gasteiger partial charge on any atom is -0.394 e. The van der Waals surface area contributed by atoms with E-state index in [1.807, 2.05) is 0 Å². The summed E-state index contributed by atoms with van der Waals surface area (Å²) in [5, 5.41) is 23.3. The molecule has 0 spiro atoms. The van der Waals surface area contributed by atoms with Gasteiger partial charge in [-0.3, -0.25) is 9.59 Å². The second-order valence-electron chi connectivity index (χ2n) is 4.59. The Bertz CT molecular complexity index is 452. The number of aliphatic hydroxyl groups excluding tert-OH is 2. The highest BCUT2D eigenvalue weighted by atomic mass is 16.3. The Kier molecular flexibility index (Phi) is 5.02. The third-order valence-electron chi connectivity index (χ3n) is 2.58. The van der Waals surface area contributed by atoms with Gasteiger partial charge in [0.15, 0.2) is 0 Å². The van der Waals surface area contributed by atoms with Crippen LogP contribution >= 0.6 is 0 Å². The third kappa shape index (κ3) is 4.35. The first-order valence-corrected chi connectivity index (χ1v) is 5.82. The number of hydrogen-bond acceptors (Lipinski definition) is 4. The van der Waals surface area contributed by atoms with Crippen LogP contribution in [0.5, 0.6) is 0 Å². The molecule has 1 aromatic rings. The van der Waals surface area contributed by atoms with E-state index >= 15 is 0 Å². The van der Waals surface area contributed by atoms with Crippen molar-refractivity contribution >= 4 is 17.5 Å². The Balaban J connectivity index is 2.75. The molecule has 0 aromatic heterocycles. The van der Waals surface area contributed by atoms with E-state index in [0.717, 1.165) is 0 Å². The molecule has 0 bridgehead atoms. The van der Waals surface area contributed by atoms with E-state index in [1.54, 1.807) is 24.3 Å². The molecular weight excluding hydrogens is 248 g/mol. The van der Waals surface area contributed by atoms with Crippen molar-refractivity contribution in [1.82, 2.24) is 5.32 Å². The van der Waals surface area contributed by atoms with Gasteiger partial charge in [-0.1, -0.05) is 0 Å². The molecule has 2 amide bonds. The van der Waals surface area contributed by atoms with Crippen LogP contribution in [0.15, 0.2) is 24.3 Å². The van der Waals surface area contributed by atoms with E-state index in [2.05, 4.69) is 10.6 Å². The van der Waals surface area contributed by atoms with Crippen LogP contribution in [0.2, 0.25) is 0 Å². The number of carbonyl (C=O) groups excluding carboxylic acids is 2. The van der Waals surface area contributed by atoms with Crippen LogP contribution in [-0.2, 0) is 4.79 Å². The Morgan fingerprint density at radius 1 is 1.16 bits per heavy atom. The molecule has 0 heterocycles. The van der Waals surface area contributed by atoms with Crippen molar-refractivity contribution in [2.75, 3.05) is 18.5 Å². The van der Waals surface area contributed by atoms with Crippen LogP contribution < -0.4 is 10.6 Å². The molecule has 0 saturated heterocycles. The summed E-state index contributed by atoms with van der Waals surface area (Å²) in [4.78, 5) is 22.7. The minimum absolute atomic E-state index is 0.190. The van der Waals surface area contributed by atoms with E-state index in [9.17, 15) is 9.59 Å². The first-order chi connectivity index (χ1) is 8.90. The summed E-state index contributed by atoms with van der Waals surface area (Å²) in [6.07, 6.45) is 0. The first kappa shape index (κ1) is 15.1. The van der Waals surface area contributed by atoms with Crippen LogP contribution in [0, 0.1) is 0 Å². The molecule has 4 N–H and O–H groups in total. The van der Waals surface area contributed by atoms with E-state index in [0.29, 0.717) is 11.3 Å². The van der Waals surface area contributed by atoms with Crippen LogP contribution in [0.1, 0.15) is 24.2 Å². The van der Waals surface area contributed by atoms with Crippen molar-refractivity contribution in [2.24, 2.45) is 0 Å². The zero-order valence-corrected chi connectivity index (χ0v) is 10.9. The minimum atomic E-state index is -1.06. The molecule has 104 valence electrons. The van der Waals surface area contributed by atoms with Gasteiger partial charge in [0.25, 0.3) is 5.91 Å². The molecule has 0 fully saturated rings. The third-order valence-corrected chi connectivity index (χ3v) is 2.58. The predicted octanol–water partition coefficient (Wildman–Crippen LogP) is 0.118. The zero-order chi connectivity index (χ0) is 14.5. The molecule has 0 atom stereocenters. The smallest absolute Gasteiger partial charge is 0.251 e. The van der Waals surface area contributed by atoms with Crippen LogP contribution in [-0.4, -0.2) is 40.8 Å². The normalized spacial score (nSPS) is 10.9. The van der Waals surface area contributed by atoms with Gasteiger partial charge in [-0.2, -0.15) is 0 Å². The van der Waals surface area contributed by atoms with Crippen molar-refractivity contribution in [3.8, 4) is 0 Å². The molecule has 0 aliphatic rings. The fourth-order valence-corrected chi connectivity index (χ4v) is 1.38. The van der Waals surface area contributed by atoms with Crippen molar-refractivity contribution in [1.29, 1.82) is 0 Å². The molecule has 0 aliphatic carbocycles. The lowest BCUT2D eigenvalue weighted by Crippen LogP contribution is -2.51. The topological polar surface area (TPSA) is 98.7 Å². The second kappa shape index (κ2) is 6.31. The molecule has 0 radical (unpaired) electrons. The summed E-state index contributed by atoms with van der Waals surface area (Å²) >= 11 is 0. The number of carbonyl (C=O) groups is 2. The van der Waals surface area contributed by atoms with Crippen LogP contribution in [0.4, 0.5) is 5.69 Å². The zero-order valence-electron chi connectivity index (χ0n) is 10.9. The Morgan fingerprint density at radius 3 is 2.11 bits per heavy atom. The van der Waals surface area contributed by atoms with Crippen molar-refractivity contribution in [3.63, 3.8) is 0 Å². The molecule has 6 nitrogen and oxygen atoms in total. The number of nitrogens with one attached hydrogen (secondary N) is 2. The highest BCUT2D eigenvalue weighted by Crippen LogP contribution is 2.11. The molecule has 0 aliphatic heterocycles. The summed E-state index contributed by atoms with van der Waals surface area (Å²) in [6.45, 7) is 2.21. The summed E-state index contributed by atoms with van der Waals surface area (Å²) in [5.41, 5.74) is -0.0914. The number of anilines is 1. The fraction of sp³-hybridized carbons (Fsp3) is 0.385. The largest absolute Gasteiger partial charge is 0.394 e. The summed E-state index contributed by atoms with van der Waals surface area (Å²) < 4.78 is 0. The van der Waals surface area contributed by atoms with Gasteiger partial charge in [-0.25, -0.2) is 0 Å². The van der Waals surface area contributed by atoms with E-state index in [4.69, 9.17) is 10.2 Å². The lowest BCUT2D eigenvalue weighted by atomic mass is 10.0. The Morgan fingerprint density at radius 2 is 1.68 bits per heavy atom. The summed E-state index contributed by atoms with van der Waals surface area (Å²) in [7, 11) is 0. The maximum absolute atomic E-state index is 11.9. The second-order valence-corrected chi connectivity index (χ2v) is 4.59. The van der Waals surface area contributed by atoms with Gasteiger partial charge in [0.1, 0.15) is 0 Å². The van der Waals surface area contributed by atoms with E-state index < -0.39 is 11.4 Å². The molecule has 6 heteroatoms.